The summed E-state index contributed by atoms with van der Waals surface area (Å²) >= 11 is 5.78. The van der Waals surface area contributed by atoms with Crippen LogP contribution >= 0.6 is 11.6 Å². The molecule has 0 fully saturated rings. The first-order valence-electron chi connectivity index (χ1n) is 5.37. The van der Waals surface area contributed by atoms with E-state index in [9.17, 15) is 8.78 Å². The fraction of sp³-hybridized carbons (Fsp3) is 0.0714. The van der Waals surface area contributed by atoms with Crippen molar-refractivity contribution in [3.05, 3.63) is 64.2 Å². The second-order valence-electron chi connectivity index (χ2n) is 3.76. The van der Waals surface area contributed by atoms with Crippen molar-refractivity contribution < 1.29 is 13.5 Å². The normalized spacial score (nSPS) is 10.0. The SMILES string of the molecule is N#Cc1ccc(COc2c(F)cccc2Cl)c(F)c1. The van der Waals surface area contributed by atoms with E-state index >= 15 is 0 Å². The summed E-state index contributed by atoms with van der Waals surface area (Å²) in [7, 11) is 0. The van der Waals surface area contributed by atoms with E-state index in [-0.39, 0.29) is 28.5 Å². The highest BCUT2D eigenvalue weighted by molar-refractivity contribution is 6.32. The van der Waals surface area contributed by atoms with Crippen LogP contribution < -0.4 is 4.74 Å². The maximum atomic E-state index is 13.6. The van der Waals surface area contributed by atoms with Gasteiger partial charge in [-0.25, -0.2) is 8.78 Å². The second kappa shape index (κ2) is 5.68. The number of halogens is 3. The minimum atomic E-state index is -0.610. The fourth-order valence-electron chi connectivity index (χ4n) is 1.50. The first-order valence-corrected chi connectivity index (χ1v) is 5.75. The van der Waals surface area contributed by atoms with Gasteiger partial charge in [-0.3, -0.25) is 0 Å². The van der Waals surface area contributed by atoms with E-state index in [0.29, 0.717) is 0 Å². The highest BCUT2D eigenvalue weighted by atomic mass is 35.5. The van der Waals surface area contributed by atoms with Crippen LogP contribution in [0.1, 0.15) is 11.1 Å². The first kappa shape index (κ1) is 13.3. The molecule has 0 aliphatic rings. The zero-order valence-corrected chi connectivity index (χ0v) is 10.4. The van der Waals surface area contributed by atoms with E-state index < -0.39 is 11.6 Å². The summed E-state index contributed by atoms with van der Waals surface area (Å²) in [6, 6.07) is 9.94. The largest absolute Gasteiger partial charge is 0.484 e. The summed E-state index contributed by atoms with van der Waals surface area (Å²) in [4.78, 5) is 0. The van der Waals surface area contributed by atoms with E-state index in [1.54, 1.807) is 0 Å². The van der Waals surface area contributed by atoms with Crippen LogP contribution in [0.2, 0.25) is 5.02 Å². The van der Waals surface area contributed by atoms with E-state index in [4.69, 9.17) is 21.6 Å². The predicted molar refractivity (Wildman–Crippen MR) is 66.9 cm³/mol. The van der Waals surface area contributed by atoms with E-state index in [0.717, 1.165) is 6.07 Å². The molecule has 96 valence electrons. The molecule has 2 rings (SSSR count). The molecule has 2 aromatic rings. The molecule has 5 heteroatoms. The van der Waals surface area contributed by atoms with Crippen LogP contribution in [0, 0.1) is 23.0 Å². The summed E-state index contributed by atoms with van der Waals surface area (Å²) in [5.41, 5.74) is 0.434. The molecular formula is C14H8ClF2NO. The Hall–Kier alpha value is -2.12. The third-order valence-electron chi connectivity index (χ3n) is 2.47. The zero-order chi connectivity index (χ0) is 13.8. The lowest BCUT2D eigenvalue weighted by Gasteiger charge is -2.09. The molecule has 0 amide bonds. The average Bonchev–Trinajstić information content (AvgIpc) is 2.39. The molecule has 0 saturated carbocycles. The van der Waals surface area contributed by atoms with Crippen LogP contribution in [0.3, 0.4) is 0 Å². The van der Waals surface area contributed by atoms with Gasteiger partial charge in [-0.1, -0.05) is 23.7 Å². The third-order valence-corrected chi connectivity index (χ3v) is 2.77. The van der Waals surface area contributed by atoms with Crippen LogP contribution in [0.4, 0.5) is 8.78 Å². The van der Waals surface area contributed by atoms with Gasteiger partial charge in [-0.15, -0.1) is 0 Å². The molecule has 0 N–H and O–H groups in total. The lowest BCUT2D eigenvalue weighted by Crippen LogP contribution is -2.01. The molecule has 0 bridgehead atoms. The number of hydrogen-bond donors (Lipinski definition) is 0. The number of benzene rings is 2. The van der Waals surface area contributed by atoms with Crippen LogP contribution in [0.15, 0.2) is 36.4 Å². The van der Waals surface area contributed by atoms with Crippen molar-refractivity contribution in [1.82, 2.24) is 0 Å². The van der Waals surface area contributed by atoms with Gasteiger partial charge in [0.15, 0.2) is 11.6 Å². The molecule has 0 aromatic heterocycles. The summed E-state index contributed by atoms with van der Waals surface area (Å²) in [5, 5.41) is 8.74. The molecule has 0 aliphatic heterocycles. The Morgan fingerprint density at radius 2 is 1.95 bits per heavy atom. The molecule has 0 heterocycles. The molecule has 0 radical (unpaired) electrons. The van der Waals surface area contributed by atoms with Gasteiger partial charge >= 0.3 is 0 Å². The number of ether oxygens (including phenoxy) is 1. The molecule has 0 aliphatic carbocycles. The molecular weight excluding hydrogens is 272 g/mol. The van der Waals surface area contributed by atoms with Crippen LogP contribution in [-0.4, -0.2) is 0 Å². The first-order chi connectivity index (χ1) is 9.11. The molecule has 0 atom stereocenters. The number of nitriles is 1. The van der Waals surface area contributed by atoms with Crippen LogP contribution in [-0.2, 0) is 6.61 Å². The Balaban J connectivity index is 2.17. The standard InChI is InChI=1S/C14H8ClF2NO/c15-11-2-1-3-12(16)14(11)19-8-10-5-4-9(7-18)6-13(10)17/h1-6H,8H2. The molecule has 0 spiro atoms. The highest BCUT2D eigenvalue weighted by Gasteiger charge is 2.10. The van der Waals surface area contributed by atoms with Crippen molar-refractivity contribution in [1.29, 1.82) is 5.26 Å². The summed E-state index contributed by atoms with van der Waals surface area (Å²) in [5.74, 6) is -1.30. The van der Waals surface area contributed by atoms with Gasteiger partial charge in [0.05, 0.1) is 16.7 Å². The van der Waals surface area contributed by atoms with Gasteiger partial charge in [-0.05, 0) is 24.3 Å². The Bertz CT molecular complexity index is 632. The number of rotatable bonds is 3. The fourth-order valence-corrected chi connectivity index (χ4v) is 1.72. The summed E-state index contributed by atoms with van der Waals surface area (Å²) in [6.45, 7) is -0.168. The number of para-hydroxylation sites is 1. The van der Waals surface area contributed by atoms with Gasteiger partial charge in [0, 0.05) is 5.56 Å². The summed E-state index contributed by atoms with van der Waals surface area (Å²) in [6.07, 6.45) is 0. The van der Waals surface area contributed by atoms with Crippen LogP contribution in [0.25, 0.3) is 0 Å². The monoisotopic (exact) mass is 279 g/mol. The Kier molecular flexibility index (Phi) is 3.98. The van der Waals surface area contributed by atoms with Crippen molar-refractivity contribution in [3.63, 3.8) is 0 Å². The predicted octanol–water partition coefficient (Wildman–Crippen LogP) is 4.07. The highest BCUT2D eigenvalue weighted by Crippen LogP contribution is 2.28. The molecule has 2 nitrogen and oxygen atoms in total. The van der Waals surface area contributed by atoms with Gasteiger partial charge in [0.25, 0.3) is 0 Å². The van der Waals surface area contributed by atoms with E-state index in [2.05, 4.69) is 0 Å². The minimum absolute atomic E-state index is 0.118. The van der Waals surface area contributed by atoms with Crippen molar-refractivity contribution in [3.8, 4) is 11.8 Å². The Morgan fingerprint density at radius 3 is 2.58 bits per heavy atom. The maximum Gasteiger partial charge on any atom is 0.174 e. The maximum absolute atomic E-state index is 13.6. The van der Waals surface area contributed by atoms with Gasteiger partial charge in [0.2, 0.25) is 0 Å². The van der Waals surface area contributed by atoms with E-state index in [1.165, 1.54) is 30.3 Å². The molecule has 19 heavy (non-hydrogen) atoms. The molecule has 2 aromatic carbocycles. The van der Waals surface area contributed by atoms with Crippen molar-refractivity contribution in [2.24, 2.45) is 0 Å². The quantitative estimate of drug-likeness (QED) is 0.848. The second-order valence-corrected chi connectivity index (χ2v) is 4.16. The smallest absolute Gasteiger partial charge is 0.174 e. The lowest BCUT2D eigenvalue weighted by atomic mass is 10.1. The van der Waals surface area contributed by atoms with Crippen molar-refractivity contribution >= 4 is 11.6 Å². The topological polar surface area (TPSA) is 33.0 Å². The average molecular weight is 280 g/mol. The molecule has 0 saturated heterocycles. The number of nitrogens with zero attached hydrogens (tertiary/aromatic N) is 1. The Labute approximate surface area is 113 Å². The zero-order valence-electron chi connectivity index (χ0n) is 9.66. The summed E-state index contributed by atoms with van der Waals surface area (Å²) < 4.78 is 32.2. The van der Waals surface area contributed by atoms with Crippen LogP contribution in [0.5, 0.6) is 5.75 Å². The Morgan fingerprint density at radius 1 is 1.16 bits per heavy atom. The lowest BCUT2D eigenvalue weighted by molar-refractivity contribution is 0.285. The van der Waals surface area contributed by atoms with Gasteiger partial charge in [-0.2, -0.15) is 5.26 Å². The number of hydrogen-bond acceptors (Lipinski definition) is 2. The van der Waals surface area contributed by atoms with Crippen molar-refractivity contribution in [2.75, 3.05) is 0 Å². The van der Waals surface area contributed by atoms with Gasteiger partial charge in [0.1, 0.15) is 12.4 Å². The minimum Gasteiger partial charge on any atom is -0.484 e. The van der Waals surface area contributed by atoms with Gasteiger partial charge < -0.3 is 4.74 Å². The van der Waals surface area contributed by atoms with E-state index in [1.807, 2.05) is 6.07 Å². The molecule has 0 unspecified atom stereocenters. The van der Waals surface area contributed by atoms with Crippen molar-refractivity contribution in [2.45, 2.75) is 6.61 Å². The third kappa shape index (κ3) is 3.01.